The number of unbranched alkanes of at least 4 members (excludes halogenated alkanes) is 7. The average Bonchev–Trinajstić information content (AvgIpc) is 3.01. The van der Waals surface area contributed by atoms with E-state index in [2.05, 4.69) is 104 Å². The summed E-state index contributed by atoms with van der Waals surface area (Å²) >= 11 is 0. The molecule has 2 unspecified atom stereocenters. The van der Waals surface area contributed by atoms with Crippen LogP contribution in [-0.2, 0) is 4.79 Å². The van der Waals surface area contributed by atoms with E-state index in [-0.39, 0.29) is 12.5 Å². The molecule has 0 spiro atoms. The Hall–Kier alpha value is -2.69. The van der Waals surface area contributed by atoms with E-state index in [0.717, 1.165) is 89.9 Å². The molecule has 4 nitrogen and oxygen atoms in total. The van der Waals surface area contributed by atoms with Crippen molar-refractivity contribution in [1.29, 1.82) is 0 Å². The molecular weight excluding hydrogens is 530 g/mol. The van der Waals surface area contributed by atoms with Gasteiger partial charge in [-0.25, -0.2) is 0 Å². The van der Waals surface area contributed by atoms with Crippen molar-refractivity contribution >= 4 is 5.91 Å². The summed E-state index contributed by atoms with van der Waals surface area (Å²) in [6.45, 7) is 4.01. The Kier molecular flexibility index (Phi) is 31.7. The first kappa shape index (κ1) is 40.3. The minimum atomic E-state index is -0.849. The summed E-state index contributed by atoms with van der Waals surface area (Å²) in [7, 11) is 0. The van der Waals surface area contributed by atoms with E-state index < -0.39 is 12.1 Å². The number of aliphatic hydroxyl groups is 2. The minimum Gasteiger partial charge on any atom is -0.394 e. The predicted molar refractivity (Wildman–Crippen MR) is 188 cm³/mol. The Morgan fingerprint density at radius 3 is 1.51 bits per heavy atom. The molecule has 4 heteroatoms. The smallest absolute Gasteiger partial charge is 0.220 e. The summed E-state index contributed by atoms with van der Waals surface area (Å²) in [5.74, 6) is -0.0996. The van der Waals surface area contributed by atoms with Crippen molar-refractivity contribution in [3.8, 4) is 0 Å². The maximum atomic E-state index is 12.2. The zero-order chi connectivity index (χ0) is 31.5. The second-order valence-electron chi connectivity index (χ2n) is 10.8. The molecule has 0 heterocycles. The second kappa shape index (κ2) is 33.8. The number of hydrogen-bond donors (Lipinski definition) is 3. The molecule has 0 aliphatic heterocycles. The Balaban J connectivity index is 3.67. The first-order valence-corrected chi connectivity index (χ1v) is 17.0. The van der Waals surface area contributed by atoms with Gasteiger partial charge in [0.05, 0.1) is 18.8 Å². The van der Waals surface area contributed by atoms with E-state index >= 15 is 0 Å². The average molecular weight is 594 g/mol. The lowest BCUT2D eigenvalue weighted by molar-refractivity contribution is -0.123. The van der Waals surface area contributed by atoms with E-state index in [1.807, 2.05) is 6.08 Å². The third kappa shape index (κ3) is 30.6. The lowest BCUT2D eigenvalue weighted by atomic mass is 10.1. The number of allylic oxidation sites excluding steroid dienone is 15. The van der Waals surface area contributed by atoms with Gasteiger partial charge in [-0.3, -0.25) is 4.79 Å². The number of carbonyl (C=O) groups is 1. The zero-order valence-electron chi connectivity index (χ0n) is 27.4. The molecule has 0 radical (unpaired) electrons. The van der Waals surface area contributed by atoms with Crippen molar-refractivity contribution in [2.24, 2.45) is 0 Å². The number of aliphatic hydroxyl groups excluding tert-OH is 2. The molecule has 3 N–H and O–H groups in total. The number of rotatable bonds is 28. The van der Waals surface area contributed by atoms with Gasteiger partial charge < -0.3 is 15.5 Å². The van der Waals surface area contributed by atoms with Gasteiger partial charge in [-0.05, 0) is 70.6 Å². The van der Waals surface area contributed by atoms with Gasteiger partial charge in [-0.2, -0.15) is 0 Å². The first-order chi connectivity index (χ1) is 21.2. The third-order valence-electron chi connectivity index (χ3n) is 6.82. The number of amides is 1. The normalized spacial score (nSPS) is 14.4. The van der Waals surface area contributed by atoms with Crippen molar-refractivity contribution in [3.63, 3.8) is 0 Å². The van der Waals surface area contributed by atoms with Crippen LogP contribution in [0.1, 0.15) is 123 Å². The molecule has 1 amide bonds. The largest absolute Gasteiger partial charge is 0.394 e. The van der Waals surface area contributed by atoms with Crippen LogP contribution < -0.4 is 5.32 Å². The Morgan fingerprint density at radius 1 is 0.581 bits per heavy atom. The van der Waals surface area contributed by atoms with E-state index in [4.69, 9.17) is 0 Å². The topological polar surface area (TPSA) is 69.6 Å². The van der Waals surface area contributed by atoms with Crippen LogP contribution in [0.3, 0.4) is 0 Å². The highest BCUT2D eigenvalue weighted by Gasteiger charge is 2.17. The summed E-state index contributed by atoms with van der Waals surface area (Å²) in [5, 5.41) is 22.4. The van der Waals surface area contributed by atoms with Gasteiger partial charge in [-0.15, -0.1) is 0 Å². The second-order valence-corrected chi connectivity index (χ2v) is 10.8. The van der Waals surface area contributed by atoms with Crippen LogP contribution in [-0.4, -0.2) is 34.9 Å². The Bertz CT molecular complexity index is 860. The van der Waals surface area contributed by atoms with Crippen molar-refractivity contribution in [3.05, 3.63) is 97.2 Å². The molecule has 0 aliphatic rings. The Morgan fingerprint density at radius 2 is 1.02 bits per heavy atom. The molecule has 0 aliphatic carbocycles. The standard InChI is InChI=1S/C39H63NO3/c1-3-5-7-9-10-11-12-13-14-15-16-17-18-19-20-21-22-23-24-25-26-27-28-29-30-31-33-35-39(43)40-37(36-41)38(42)34-32-8-6-4-2/h5,7,10-11,13-14,16-17,19-20,22-23,25-26,32,34,37-38,41-42H,3-4,6,8-9,12,15,18,21,24,27-31,33,35-36H2,1-2H3,(H,40,43)/b7-5-,11-10-,14-13-,17-16-,20-19-,23-22-,26-25-,34-32+. The van der Waals surface area contributed by atoms with Crippen molar-refractivity contribution in [1.82, 2.24) is 5.32 Å². The maximum absolute atomic E-state index is 12.2. The molecule has 0 bridgehead atoms. The fourth-order valence-corrected chi connectivity index (χ4v) is 4.20. The number of hydrogen-bond acceptors (Lipinski definition) is 3. The molecule has 0 rings (SSSR count). The van der Waals surface area contributed by atoms with E-state index in [0.29, 0.717) is 6.42 Å². The van der Waals surface area contributed by atoms with Crippen LogP contribution in [0.5, 0.6) is 0 Å². The van der Waals surface area contributed by atoms with Gasteiger partial charge in [0.1, 0.15) is 0 Å². The summed E-state index contributed by atoms with van der Waals surface area (Å²) in [5.41, 5.74) is 0. The molecule has 242 valence electrons. The van der Waals surface area contributed by atoms with Crippen LogP contribution in [0.15, 0.2) is 97.2 Å². The van der Waals surface area contributed by atoms with Crippen molar-refractivity contribution < 1.29 is 15.0 Å². The van der Waals surface area contributed by atoms with Crippen molar-refractivity contribution in [2.45, 2.75) is 135 Å². The van der Waals surface area contributed by atoms with Gasteiger partial charge >= 0.3 is 0 Å². The molecule has 0 fully saturated rings. The van der Waals surface area contributed by atoms with E-state index in [9.17, 15) is 15.0 Å². The first-order valence-electron chi connectivity index (χ1n) is 17.0. The van der Waals surface area contributed by atoms with Crippen molar-refractivity contribution in [2.75, 3.05) is 6.61 Å². The predicted octanol–water partition coefficient (Wildman–Crippen LogP) is 9.95. The summed E-state index contributed by atoms with van der Waals surface area (Å²) in [6.07, 6.45) is 51.0. The van der Waals surface area contributed by atoms with E-state index in [1.165, 1.54) is 12.8 Å². The van der Waals surface area contributed by atoms with Gasteiger partial charge in [0.2, 0.25) is 5.91 Å². The third-order valence-corrected chi connectivity index (χ3v) is 6.82. The quantitative estimate of drug-likeness (QED) is 0.0624. The molecule has 0 aromatic carbocycles. The molecule has 43 heavy (non-hydrogen) atoms. The molecule has 0 saturated heterocycles. The van der Waals surface area contributed by atoms with Crippen LogP contribution in [0.2, 0.25) is 0 Å². The lowest BCUT2D eigenvalue weighted by Gasteiger charge is -2.19. The van der Waals surface area contributed by atoms with Crippen LogP contribution in [0.4, 0.5) is 0 Å². The fourth-order valence-electron chi connectivity index (χ4n) is 4.20. The molecule has 0 saturated carbocycles. The monoisotopic (exact) mass is 593 g/mol. The highest BCUT2D eigenvalue weighted by atomic mass is 16.3. The molecule has 0 aromatic rings. The molecular formula is C39H63NO3. The summed E-state index contributed by atoms with van der Waals surface area (Å²) < 4.78 is 0. The lowest BCUT2D eigenvalue weighted by Crippen LogP contribution is -2.45. The molecule has 2 atom stereocenters. The Labute approximate surface area is 264 Å². The maximum Gasteiger partial charge on any atom is 0.220 e. The number of carbonyl (C=O) groups excluding carboxylic acids is 1. The van der Waals surface area contributed by atoms with Gasteiger partial charge in [0.25, 0.3) is 0 Å². The van der Waals surface area contributed by atoms with Crippen LogP contribution in [0, 0.1) is 0 Å². The molecule has 0 aromatic heterocycles. The summed E-state index contributed by atoms with van der Waals surface area (Å²) in [4.78, 5) is 12.2. The van der Waals surface area contributed by atoms with E-state index in [1.54, 1.807) is 6.08 Å². The van der Waals surface area contributed by atoms with Gasteiger partial charge in [0.15, 0.2) is 0 Å². The van der Waals surface area contributed by atoms with Crippen LogP contribution in [0.25, 0.3) is 0 Å². The highest BCUT2D eigenvalue weighted by Crippen LogP contribution is 2.09. The highest BCUT2D eigenvalue weighted by molar-refractivity contribution is 5.76. The zero-order valence-corrected chi connectivity index (χ0v) is 27.4. The van der Waals surface area contributed by atoms with Crippen LogP contribution >= 0.6 is 0 Å². The summed E-state index contributed by atoms with van der Waals surface area (Å²) in [6, 6.07) is -0.634. The SMILES string of the molecule is CC/C=C\C/C=C\C/C=C\C/C=C\C/C=C\C/C=C\C/C=C\CCCCCCCC(=O)NC(CO)C(O)/C=C/CCCC. The van der Waals surface area contributed by atoms with Gasteiger partial charge in [0, 0.05) is 6.42 Å². The van der Waals surface area contributed by atoms with Gasteiger partial charge in [-0.1, -0.05) is 143 Å². The minimum absolute atomic E-state index is 0.0996. The number of nitrogens with one attached hydrogen (secondary N) is 1. The fraction of sp³-hybridized carbons (Fsp3) is 0.564.